The Labute approximate surface area is 313 Å². The summed E-state index contributed by atoms with van der Waals surface area (Å²) in [5.41, 5.74) is 17.0. The fourth-order valence-corrected chi connectivity index (χ4v) is 9.62. The Morgan fingerprint density at radius 3 is 1.59 bits per heavy atom. The van der Waals surface area contributed by atoms with Gasteiger partial charge in [-0.1, -0.05) is 140 Å². The molecule has 0 atom stereocenters. The second-order valence-corrected chi connectivity index (χ2v) is 14.7. The van der Waals surface area contributed by atoms with Crippen molar-refractivity contribution in [1.29, 1.82) is 0 Å². The molecule has 2 nitrogen and oxygen atoms in total. The van der Waals surface area contributed by atoms with Gasteiger partial charge in [0, 0.05) is 11.3 Å². The number of benzene rings is 9. The van der Waals surface area contributed by atoms with Gasteiger partial charge in [0.2, 0.25) is 0 Å². The molecule has 0 N–H and O–H groups in total. The number of para-hydroxylation sites is 1. The maximum atomic E-state index is 5.25. The zero-order valence-corrected chi connectivity index (χ0v) is 29.4. The van der Waals surface area contributed by atoms with Crippen molar-refractivity contribution in [2.75, 3.05) is 0 Å². The third-order valence-electron chi connectivity index (χ3n) is 11.9. The minimum Gasteiger partial charge on any atom is -0.292 e. The number of fused-ring (bicyclic) bond motifs is 13. The zero-order valence-electron chi connectivity index (χ0n) is 29.4. The van der Waals surface area contributed by atoms with Crippen LogP contribution in [0.4, 0.5) is 0 Å². The molecule has 0 saturated carbocycles. The normalized spacial score (nSPS) is 13.3. The molecule has 2 aliphatic rings. The summed E-state index contributed by atoms with van der Waals surface area (Å²) in [4.78, 5) is 5.25. The lowest BCUT2D eigenvalue weighted by molar-refractivity contribution is 0.796. The smallest absolute Gasteiger partial charge is 0.145 e. The van der Waals surface area contributed by atoms with E-state index in [-0.39, 0.29) is 0 Å². The Morgan fingerprint density at radius 1 is 0.352 bits per heavy atom. The average Bonchev–Trinajstić information content (AvgIpc) is 3.86. The molecule has 0 saturated heterocycles. The van der Waals surface area contributed by atoms with E-state index < -0.39 is 5.41 Å². The SMILES string of the molecule is c1ccc(-c2nc3cc(-c4ccc5cc6c(cc5c4)C4(c5ccccc5-c5ccccc54)c4cc5ccccc5cc4-6)ccc3n2-c2ccccc2)cc1. The quantitative estimate of drug-likeness (QED) is 0.181. The minimum absolute atomic E-state index is 0.400. The topological polar surface area (TPSA) is 17.8 Å². The van der Waals surface area contributed by atoms with E-state index in [2.05, 4.69) is 199 Å². The van der Waals surface area contributed by atoms with Crippen molar-refractivity contribution in [3.05, 3.63) is 216 Å². The van der Waals surface area contributed by atoms with Crippen molar-refractivity contribution >= 4 is 32.6 Å². The van der Waals surface area contributed by atoms with Gasteiger partial charge in [0.25, 0.3) is 0 Å². The van der Waals surface area contributed by atoms with E-state index in [1.54, 1.807) is 0 Å². The molecule has 0 unspecified atom stereocenters. The Balaban J connectivity index is 1.08. The van der Waals surface area contributed by atoms with Gasteiger partial charge in [-0.25, -0.2) is 4.98 Å². The van der Waals surface area contributed by atoms with Crippen LogP contribution in [-0.2, 0) is 5.41 Å². The van der Waals surface area contributed by atoms with Crippen molar-refractivity contribution in [2.24, 2.45) is 0 Å². The van der Waals surface area contributed by atoms with Gasteiger partial charge in [-0.05, 0) is 132 Å². The Kier molecular flexibility index (Phi) is 6.01. The monoisotopic (exact) mass is 684 g/mol. The van der Waals surface area contributed by atoms with Crippen LogP contribution < -0.4 is 0 Å². The highest BCUT2D eigenvalue weighted by Crippen LogP contribution is 2.63. The highest BCUT2D eigenvalue weighted by Gasteiger charge is 2.51. The predicted molar refractivity (Wildman–Crippen MR) is 223 cm³/mol. The minimum atomic E-state index is -0.400. The van der Waals surface area contributed by atoms with Gasteiger partial charge in [0.15, 0.2) is 0 Å². The van der Waals surface area contributed by atoms with E-state index in [0.29, 0.717) is 0 Å². The van der Waals surface area contributed by atoms with Gasteiger partial charge in [0.1, 0.15) is 5.82 Å². The van der Waals surface area contributed by atoms with Crippen molar-refractivity contribution in [3.63, 3.8) is 0 Å². The average molecular weight is 685 g/mol. The summed E-state index contributed by atoms with van der Waals surface area (Å²) < 4.78 is 2.27. The summed E-state index contributed by atoms with van der Waals surface area (Å²) >= 11 is 0. The summed E-state index contributed by atoms with van der Waals surface area (Å²) in [5.74, 6) is 0.942. The molecule has 1 aromatic heterocycles. The van der Waals surface area contributed by atoms with Gasteiger partial charge in [-0.15, -0.1) is 0 Å². The largest absolute Gasteiger partial charge is 0.292 e. The van der Waals surface area contributed by atoms with Crippen LogP contribution in [0.25, 0.3) is 83.0 Å². The van der Waals surface area contributed by atoms with Crippen molar-refractivity contribution in [2.45, 2.75) is 5.41 Å². The molecule has 1 spiro atoms. The molecule has 12 rings (SSSR count). The van der Waals surface area contributed by atoms with Gasteiger partial charge in [-0.2, -0.15) is 0 Å². The fraction of sp³-hybridized carbons (Fsp3) is 0.0192. The first-order valence-electron chi connectivity index (χ1n) is 18.7. The van der Waals surface area contributed by atoms with E-state index in [1.807, 2.05) is 0 Å². The van der Waals surface area contributed by atoms with Crippen molar-refractivity contribution in [1.82, 2.24) is 9.55 Å². The maximum absolute atomic E-state index is 5.25. The van der Waals surface area contributed by atoms with E-state index in [4.69, 9.17) is 4.98 Å². The lowest BCUT2D eigenvalue weighted by atomic mass is 9.70. The second kappa shape index (κ2) is 11.0. The number of imidazole rings is 1. The molecule has 54 heavy (non-hydrogen) atoms. The number of hydrogen-bond donors (Lipinski definition) is 0. The van der Waals surface area contributed by atoms with E-state index in [0.717, 1.165) is 33.7 Å². The van der Waals surface area contributed by atoms with Gasteiger partial charge in [0.05, 0.1) is 16.4 Å². The van der Waals surface area contributed by atoms with Crippen LogP contribution >= 0.6 is 0 Å². The molecule has 0 amide bonds. The number of nitrogens with zero attached hydrogens (tertiary/aromatic N) is 2. The molecule has 0 bridgehead atoms. The van der Waals surface area contributed by atoms with Gasteiger partial charge >= 0.3 is 0 Å². The lowest BCUT2D eigenvalue weighted by Crippen LogP contribution is -2.25. The molecule has 2 aliphatic carbocycles. The van der Waals surface area contributed by atoms with Crippen molar-refractivity contribution in [3.8, 4) is 50.5 Å². The number of rotatable bonds is 3. The van der Waals surface area contributed by atoms with E-state index >= 15 is 0 Å². The first-order valence-corrected chi connectivity index (χ1v) is 18.7. The van der Waals surface area contributed by atoms with Crippen LogP contribution in [-0.4, -0.2) is 9.55 Å². The van der Waals surface area contributed by atoms with E-state index in [9.17, 15) is 0 Å². The van der Waals surface area contributed by atoms with E-state index in [1.165, 1.54) is 71.6 Å². The van der Waals surface area contributed by atoms with Crippen LogP contribution in [0.15, 0.2) is 194 Å². The molecular weight excluding hydrogens is 653 g/mol. The number of hydrogen-bond acceptors (Lipinski definition) is 1. The lowest BCUT2D eigenvalue weighted by Gasteiger charge is -2.30. The van der Waals surface area contributed by atoms with Crippen LogP contribution in [0.1, 0.15) is 22.3 Å². The summed E-state index contributed by atoms with van der Waals surface area (Å²) in [6.07, 6.45) is 0. The highest BCUT2D eigenvalue weighted by molar-refractivity contribution is 6.04. The highest BCUT2D eigenvalue weighted by atomic mass is 15.1. The summed E-state index contributed by atoms with van der Waals surface area (Å²) in [7, 11) is 0. The predicted octanol–water partition coefficient (Wildman–Crippen LogP) is 13.0. The van der Waals surface area contributed by atoms with Crippen molar-refractivity contribution < 1.29 is 0 Å². The molecule has 0 radical (unpaired) electrons. The Bertz CT molecular complexity index is 3110. The second-order valence-electron chi connectivity index (χ2n) is 14.7. The molecule has 250 valence electrons. The molecule has 10 aromatic rings. The molecule has 2 heteroatoms. The standard InChI is InChI=1S/C52H32N2/c1-3-13-33(14-4-1)51-53-49-32-38(25-26-50(49)54(51)40-17-5-2-6-18-40)36-23-24-37-29-44-43-28-34-15-7-8-16-35(34)30-47(43)52(48(44)31-39(37)27-36)45-21-11-9-19-41(45)42-20-10-12-22-46(42)52/h1-32H. The third-order valence-corrected chi connectivity index (χ3v) is 11.9. The molecule has 9 aromatic carbocycles. The summed E-state index contributed by atoms with van der Waals surface area (Å²) in [6, 6.07) is 71.4. The Morgan fingerprint density at radius 2 is 0.889 bits per heavy atom. The summed E-state index contributed by atoms with van der Waals surface area (Å²) in [6.45, 7) is 0. The number of aromatic nitrogens is 2. The summed E-state index contributed by atoms with van der Waals surface area (Å²) in [5, 5.41) is 5.03. The molecule has 0 aliphatic heterocycles. The van der Waals surface area contributed by atoms with Crippen LogP contribution in [0.2, 0.25) is 0 Å². The van der Waals surface area contributed by atoms with Gasteiger partial charge in [-0.3, -0.25) is 4.57 Å². The third kappa shape index (κ3) is 3.97. The first kappa shape index (κ1) is 29.5. The first-order chi connectivity index (χ1) is 26.8. The van der Waals surface area contributed by atoms with Crippen LogP contribution in [0.3, 0.4) is 0 Å². The fourth-order valence-electron chi connectivity index (χ4n) is 9.62. The van der Waals surface area contributed by atoms with Crippen LogP contribution in [0.5, 0.6) is 0 Å². The Hall–Kier alpha value is -7.03. The van der Waals surface area contributed by atoms with Crippen LogP contribution in [0, 0.1) is 0 Å². The molecular formula is C52H32N2. The molecule has 0 fully saturated rings. The maximum Gasteiger partial charge on any atom is 0.145 e. The molecule has 1 heterocycles. The van der Waals surface area contributed by atoms with Gasteiger partial charge < -0.3 is 0 Å². The zero-order chi connectivity index (χ0) is 35.4.